The third-order valence-electron chi connectivity index (χ3n) is 1.55. The molecule has 0 aromatic rings. The smallest absolute Gasteiger partial charge is 0.413 e. The molecule has 0 fully saturated rings. The molecule has 1 amide bonds. The maximum absolute atomic E-state index is 11.2. The van der Waals surface area contributed by atoms with Gasteiger partial charge in [-0.2, -0.15) is 0 Å². The van der Waals surface area contributed by atoms with E-state index in [2.05, 4.69) is 0 Å². The summed E-state index contributed by atoms with van der Waals surface area (Å²) in [6.45, 7) is 2.93. The zero-order valence-electron chi connectivity index (χ0n) is 7.19. The van der Waals surface area contributed by atoms with Crippen LogP contribution in [-0.2, 0) is 4.74 Å². The van der Waals surface area contributed by atoms with Crippen molar-refractivity contribution in [3.8, 4) is 0 Å². The Kier molecular flexibility index (Phi) is 3.38. The van der Waals surface area contributed by atoms with Crippen molar-refractivity contribution >= 4 is 6.09 Å². The Hall–Kier alpha value is -1.25. The van der Waals surface area contributed by atoms with Crippen molar-refractivity contribution in [2.24, 2.45) is 0 Å². The molecule has 66 valence electrons. The summed E-state index contributed by atoms with van der Waals surface area (Å²) in [6, 6.07) is 0. The van der Waals surface area contributed by atoms with Gasteiger partial charge in [0, 0.05) is 12.7 Å². The number of rotatable bonds is 1. The summed E-state index contributed by atoms with van der Waals surface area (Å²) >= 11 is 0. The van der Waals surface area contributed by atoms with Crippen LogP contribution in [0.2, 0.25) is 0 Å². The molecule has 0 radical (unpaired) electrons. The number of hydrogen-bond acceptors (Lipinski definition) is 2. The van der Waals surface area contributed by atoms with Gasteiger partial charge in [0.05, 0.1) is 6.61 Å². The summed E-state index contributed by atoms with van der Waals surface area (Å²) in [5.74, 6) is 0. The Bertz CT molecular complexity index is 209. The molecule has 3 nitrogen and oxygen atoms in total. The van der Waals surface area contributed by atoms with Crippen LogP contribution in [0.25, 0.3) is 0 Å². The highest BCUT2D eigenvalue weighted by Gasteiger charge is 2.10. The number of carbonyl (C=O) groups excluding carboxylic acids is 1. The molecule has 1 rings (SSSR count). The van der Waals surface area contributed by atoms with E-state index >= 15 is 0 Å². The molecule has 0 aromatic heterocycles. The van der Waals surface area contributed by atoms with Gasteiger partial charge in [0.15, 0.2) is 0 Å². The van der Waals surface area contributed by atoms with E-state index in [1.807, 2.05) is 18.2 Å². The van der Waals surface area contributed by atoms with Crippen LogP contribution in [-0.4, -0.2) is 24.1 Å². The van der Waals surface area contributed by atoms with Crippen molar-refractivity contribution in [1.82, 2.24) is 4.90 Å². The second kappa shape index (κ2) is 4.59. The number of hydrogen-bond donors (Lipinski definition) is 0. The van der Waals surface area contributed by atoms with Gasteiger partial charge in [-0.25, -0.2) is 4.79 Å². The molecular formula is C9H13NO2. The summed E-state index contributed by atoms with van der Waals surface area (Å²) in [4.78, 5) is 12.7. The average Bonchev–Trinajstić information content (AvgIpc) is 2.32. The fraction of sp³-hybridized carbons (Fsp3) is 0.444. The molecule has 0 unspecified atom stereocenters. The van der Waals surface area contributed by atoms with Crippen molar-refractivity contribution in [1.29, 1.82) is 0 Å². The van der Waals surface area contributed by atoms with E-state index in [9.17, 15) is 4.79 Å². The summed E-state index contributed by atoms with van der Waals surface area (Å²) < 4.78 is 4.84. The van der Waals surface area contributed by atoms with E-state index < -0.39 is 0 Å². The maximum Gasteiger partial charge on any atom is 0.413 e. The molecule has 1 heterocycles. The molecule has 0 bridgehead atoms. The first kappa shape index (κ1) is 8.84. The zero-order valence-corrected chi connectivity index (χ0v) is 7.19. The van der Waals surface area contributed by atoms with Crippen LogP contribution in [0.5, 0.6) is 0 Å². The van der Waals surface area contributed by atoms with Gasteiger partial charge in [-0.3, -0.25) is 4.90 Å². The highest BCUT2D eigenvalue weighted by molar-refractivity contribution is 5.69. The predicted octanol–water partition coefficient (Wildman–Crippen LogP) is 1.92. The summed E-state index contributed by atoms with van der Waals surface area (Å²) in [6.07, 6.45) is 8.14. The fourth-order valence-corrected chi connectivity index (χ4v) is 0.975. The lowest BCUT2D eigenvalue weighted by Gasteiger charge is -2.15. The Labute approximate surface area is 72.3 Å². The van der Waals surface area contributed by atoms with Crippen molar-refractivity contribution in [2.45, 2.75) is 13.3 Å². The SMILES string of the molecule is CCOC(=O)N1C=CC=CCC1. The lowest BCUT2D eigenvalue weighted by atomic mass is 10.4. The topological polar surface area (TPSA) is 29.5 Å². The van der Waals surface area contributed by atoms with Crippen molar-refractivity contribution < 1.29 is 9.53 Å². The highest BCUT2D eigenvalue weighted by Crippen LogP contribution is 2.02. The second-order valence-electron chi connectivity index (χ2n) is 2.45. The molecule has 0 saturated carbocycles. The minimum atomic E-state index is -0.266. The number of allylic oxidation sites excluding steroid dienone is 2. The van der Waals surface area contributed by atoms with Crippen molar-refractivity contribution in [3.63, 3.8) is 0 Å². The van der Waals surface area contributed by atoms with E-state index in [1.54, 1.807) is 18.0 Å². The van der Waals surface area contributed by atoms with Crippen LogP contribution >= 0.6 is 0 Å². The third-order valence-corrected chi connectivity index (χ3v) is 1.55. The van der Waals surface area contributed by atoms with Crippen molar-refractivity contribution in [3.05, 3.63) is 24.4 Å². The molecule has 0 aliphatic carbocycles. The Morgan fingerprint density at radius 3 is 3.17 bits per heavy atom. The van der Waals surface area contributed by atoms with Crippen LogP contribution in [0.3, 0.4) is 0 Å². The third kappa shape index (κ3) is 2.42. The maximum atomic E-state index is 11.2. The van der Waals surface area contributed by atoms with Crippen LogP contribution in [0.4, 0.5) is 4.79 Å². The van der Waals surface area contributed by atoms with E-state index in [1.165, 1.54) is 0 Å². The number of ether oxygens (including phenoxy) is 1. The highest BCUT2D eigenvalue weighted by atomic mass is 16.6. The van der Waals surface area contributed by atoms with Crippen LogP contribution in [0, 0.1) is 0 Å². The monoisotopic (exact) mass is 167 g/mol. The molecule has 12 heavy (non-hydrogen) atoms. The molecule has 0 N–H and O–H groups in total. The lowest BCUT2D eigenvalue weighted by molar-refractivity contribution is 0.123. The van der Waals surface area contributed by atoms with Gasteiger partial charge in [0.25, 0.3) is 0 Å². The second-order valence-corrected chi connectivity index (χ2v) is 2.45. The molecule has 1 aliphatic heterocycles. The first-order chi connectivity index (χ1) is 5.84. The summed E-state index contributed by atoms with van der Waals surface area (Å²) in [5.41, 5.74) is 0. The number of carbonyl (C=O) groups is 1. The van der Waals surface area contributed by atoms with Crippen molar-refractivity contribution in [2.75, 3.05) is 13.2 Å². The Morgan fingerprint density at radius 2 is 2.42 bits per heavy atom. The van der Waals surface area contributed by atoms with E-state index in [0.29, 0.717) is 13.2 Å². The van der Waals surface area contributed by atoms with E-state index in [-0.39, 0.29) is 6.09 Å². The molecule has 0 saturated heterocycles. The quantitative estimate of drug-likeness (QED) is 0.597. The van der Waals surface area contributed by atoms with Gasteiger partial charge < -0.3 is 4.74 Å². The molecule has 0 spiro atoms. The van der Waals surface area contributed by atoms with Gasteiger partial charge >= 0.3 is 6.09 Å². The fourth-order valence-electron chi connectivity index (χ4n) is 0.975. The van der Waals surface area contributed by atoms with Gasteiger partial charge in [0.2, 0.25) is 0 Å². The Morgan fingerprint density at radius 1 is 1.58 bits per heavy atom. The largest absolute Gasteiger partial charge is 0.449 e. The standard InChI is InChI=1S/C9H13NO2/c1-2-12-9(11)10-7-5-3-4-6-8-10/h3-5,7H,2,6,8H2,1H3. The average molecular weight is 167 g/mol. The van der Waals surface area contributed by atoms with Crippen LogP contribution < -0.4 is 0 Å². The minimum absolute atomic E-state index is 0.266. The van der Waals surface area contributed by atoms with Gasteiger partial charge in [-0.05, 0) is 19.4 Å². The summed E-state index contributed by atoms with van der Waals surface area (Å²) in [7, 11) is 0. The van der Waals surface area contributed by atoms with E-state index in [4.69, 9.17) is 4.74 Å². The Balaban J connectivity index is 2.46. The predicted molar refractivity (Wildman–Crippen MR) is 46.6 cm³/mol. The minimum Gasteiger partial charge on any atom is -0.449 e. The first-order valence-corrected chi connectivity index (χ1v) is 4.11. The van der Waals surface area contributed by atoms with Gasteiger partial charge in [-0.1, -0.05) is 12.2 Å². The lowest BCUT2D eigenvalue weighted by Crippen LogP contribution is -2.26. The van der Waals surface area contributed by atoms with Gasteiger partial charge in [-0.15, -0.1) is 0 Å². The van der Waals surface area contributed by atoms with Crippen LogP contribution in [0.15, 0.2) is 24.4 Å². The molecule has 0 aromatic carbocycles. The number of nitrogens with zero attached hydrogens (tertiary/aromatic N) is 1. The van der Waals surface area contributed by atoms with E-state index in [0.717, 1.165) is 6.42 Å². The summed E-state index contributed by atoms with van der Waals surface area (Å²) in [5, 5.41) is 0. The van der Waals surface area contributed by atoms with Gasteiger partial charge in [0.1, 0.15) is 0 Å². The van der Waals surface area contributed by atoms with Crippen LogP contribution in [0.1, 0.15) is 13.3 Å². The molecular weight excluding hydrogens is 154 g/mol. The molecule has 3 heteroatoms. The zero-order chi connectivity index (χ0) is 8.81. The normalized spacial score (nSPS) is 15.9. The molecule has 0 atom stereocenters. The first-order valence-electron chi connectivity index (χ1n) is 4.11. The number of amides is 1. The molecule has 1 aliphatic rings.